The summed E-state index contributed by atoms with van der Waals surface area (Å²) in [4.78, 5) is 24.8. The van der Waals surface area contributed by atoms with Gasteiger partial charge in [-0.2, -0.15) is 0 Å². The summed E-state index contributed by atoms with van der Waals surface area (Å²) in [6.07, 6.45) is 0.705. The van der Waals surface area contributed by atoms with Gasteiger partial charge in [0.1, 0.15) is 12.4 Å². The van der Waals surface area contributed by atoms with Gasteiger partial charge in [-0.25, -0.2) is 0 Å². The van der Waals surface area contributed by atoms with Gasteiger partial charge < -0.3 is 15.4 Å². The van der Waals surface area contributed by atoms with Crippen molar-refractivity contribution in [2.24, 2.45) is 5.73 Å². The lowest BCUT2D eigenvalue weighted by molar-refractivity contribution is -0.132. The SMILES string of the molecule is NC(=O)CN1CCC(c2ccc(OCc3ccccc3)cc2)C1=O. The normalized spacial score (nSPS) is 17.1. The van der Waals surface area contributed by atoms with Gasteiger partial charge in [0, 0.05) is 6.54 Å². The molecule has 24 heavy (non-hydrogen) atoms. The second-order valence-corrected chi connectivity index (χ2v) is 5.91. The Morgan fingerprint density at radius 1 is 1.12 bits per heavy atom. The second kappa shape index (κ2) is 7.17. The molecule has 0 saturated carbocycles. The molecule has 124 valence electrons. The van der Waals surface area contributed by atoms with Crippen LogP contribution in [-0.4, -0.2) is 29.8 Å². The zero-order valence-electron chi connectivity index (χ0n) is 13.4. The molecule has 1 saturated heterocycles. The van der Waals surface area contributed by atoms with E-state index in [4.69, 9.17) is 10.5 Å². The molecule has 1 unspecified atom stereocenters. The van der Waals surface area contributed by atoms with Crippen molar-refractivity contribution in [1.29, 1.82) is 0 Å². The van der Waals surface area contributed by atoms with Crippen molar-refractivity contribution in [3.63, 3.8) is 0 Å². The van der Waals surface area contributed by atoms with E-state index in [1.807, 2.05) is 54.6 Å². The molecule has 0 aromatic heterocycles. The highest BCUT2D eigenvalue weighted by molar-refractivity contribution is 5.89. The Kier molecular flexibility index (Phi) is 4.79. The van der Waals surface area contributed by atoms with Crippen molar-refractivity contribution in [3.8, 4) is 5.75 Å². The fraction of sp³-hybridized carbons (Fsp3) is 0.263. The number of hydrogen-bond acceptors (Lipinski definition) is 3. The third-order valence-corrected chi connectivity index (χ3v) is 4.17. The summed E-state index contributed by atoms with van der Waals surface area (Å²) in [6, 6.07) is 17.5. The summed E-state index contributed by atoms with van der Waals surface area (Å²) in [7, 11) is 0. The summed E-state index contributed by atoms with van der Waals surface area (Å²) in [5, 5.41) is 0. The van der Waals surface area contributed by atoms with Crippen molar-refractivity contribution < 1.29 is 14.3 Å². The maximum Gasteiger partial charge on any atom is 0.237 e. The highest BCUT2D eigenvalue weighted by atomic mass is 16.5. The Hall–Kier alpha value is -2.82. The third kappa shape index (κ3) is 3.74. The van der Waals surface area contributed by atoms with Crippen LogP contribution in [0, 0.1) is 0 Å². The van der Waals surface area contributed by atoms with E-state index in [9.17, 15) is 9.59 Å². The number of rotatable bonds is 6. The molecular formula is C19H20N2O3. The number of amides is 2. The molecule has 5 nitrogen and oxygen atoms in total. The van der Waals surface area contributed by atoms with Gasteiger partial charge in [0.2, 0.25) is 11.8 Å². The summed E-state index contributed by atoms with van der Waals surface area (Å²) in [5.41, 5.74) is 7.22. The van der Waals surface area contributed by atoms with Gasteiger partial charge in [-0.3, -0.25) is 9.59 Å². The van der Waals surface area contributed by atoms with E-state index in [-0.39, 0.29) is 18.4 Å². The third-order valence-electron chi connectivity index (χ3n) is 4.17. The number of carbonyl (C=O) groups excluding carboxylic acids is 2. The number of hydrogen-bond donors (Lipinski definition) is 1. The average molecular weight is 324 g/mol. The number of ether oxygens (including phenoxy) is 1. The van der Waals surface area contributed by atoms with E-state index in [0.717, 1.165) is 16.9 Å². The minimum Gasteiger partial charge on any atom is -0.489 e. The minimum absolute atomic E-state index is 0.00635. The molecule has 1 aliphatic heterocycles. The van der Waals surface area contributed by atoms with Crippen LogP contribution in [0.4, 0.5) is 0 Å². The lowest BCUT2D eigenvalue weighted by atomic mass is 9.98. The van der Waals surface area contributed by atoms with Crippen molar-refractivity contribution in [3.05, 3.63) is 65.7 Å². The Labute approximate surface area is 141 Å². The van der Waals surface area contributed by atoms with Crippen LogP contribution in [0.1, 0.15) is 23.5 Å². The zero-order chi connectivity index (χ0) is 16.9. The number of benzene rings is 2. The van der Waals surface area contributed by atoms with Crippen molar-refractivity contribution in [2.45, 2.75) is 18.9 Å². The van der Waals surface area contributed by atoms with E-state index < -0.39 is 5.91 Å². The molecule has 1 heterocycles. The number of likely N-dealkylation sites (tertiary alicyclic amines) is 1. The second-order valence-electron chi connectivity index (χ2n) is 5.91. The minimum atomic E-state index is -0.478. The molecule has 0 bridgehead atoms. The Morgan fingerprint density at radius 3 is 2.50 bits per heavy atom. The first-order valence-corrected chi connectivity index (χ1v) is 7.97. The molecule has 2 N–H and O–H groups in total. The van der Waals surface area contributed by atoms with Gasteiger partial charge >= 0.3 is 0 Å². The summed E-state index contributed by atoms with van der Waals surface area (Å²) in [5.74, 6) is 0.0509. The van der Waals surface area contributed by atoms with Gasteiger partial charge in [-0.15, -0.1) is 0 Å². The molecule has 5 heteroatoms. The molecule has 2 amide bonds. The van der Waals surface area contributed by atoms with Gasteiger partial charge in [-0.05, 0) is 29.7 Å². The van der Waals surface area contributed by atoms with Crippen LogP contribution in [0.15, 0.2) is 54.6 Å². The molecule has 2 aromatic rings. The molecule has 2 aromatic carbocycles. The lowest BCUT2D eigenvalue weighted by Crippen LogP contribution is -2.35. The van der Waals surface area contributed by atoms with Crippen LogP contribution in [-0.2, 0) is 16.2 Å². The smallest absolute Gasteiger partial charge is 0.237 e. The van der Waals surface area contributed by atoms with Gasteiger partial charge in [0.25, 0.3) is 0 Å². The average Bonchev–Trinajstić information content (AvgIpc) is 2.95. The van der Waals surface area contributed by atoms with Crippen molar-refractivity contribution in [2.75, 3.05) is 13.1 Å². The van der Waals surface area contributed by atoms with E-state index >= 15 is 0 Å². The first kappa shape index (κ1) is 16.1. The van der Waals surface area contributed by atoms with E-state index in [1.165, 1.54) is 4.90 Å². The highest BCUT2D eigenvalue weighted by Gasteiger charge is 2.33. The topological polar surface area (TPSA) is 72.6 Å². The van der Waals surface area contributed by atoms with Crippen LogP contribution in [0.3, 0.4) is 0 Å². The predicted molar refractivity (Wildman–Crippen MR) is 90.3 cm³/mol. The summed E-state index contributed by atoms with van der Waals surface area (Å²) < 4.78 is 5.75. The van der Waals surface area contributed by atoms with Crippen LogP contribution in [0.5, 0.6) is 5.75 Å². The van der Waals surface area contributed by atoms with Gasteiger partial charge in [0.05, 0.1) is 12.5 Å². The molecule has 1 atom stereocenters. The zero-order valence-corrected chi connectivity index (χ0v) is 13.4. The molecular weight excluding hydrogens is 304 g/mol. The first-order valence-electron chi connectivity index (χ1n) is 7.97. The van der Waals surface area contributed by atoms with Crippen LogP contribution >= 0.6 is 0 Å². The fourth-order valence-electron chi connectivity index (χ4n) is 2.93. The fourth-order valence-corrected chi connectivity index (χ4v) is 2.93. The van der Waals surface area contributed by atoms with Crippen LogP contribution < -0.4 is 10.5 Å². The monoisotopic (exact) mass is 324 g/mol. The molecule has 1 aliphatic rings. The number of carbonyl (C=O) groups is 2. The largest absolute Gasteiger partial charge is 0.489 e. The molecule has 1 fully saturated rings. The first-order chi connectivity index (χ1) is 11.6. The quantitative estimate of drug-likeness (QED) is 0.884. The molecule has 0 radical (unpaired) electrons. The van der Waals surface area contributed by atoms with Crippen molar-refractivity contribution >= 4 is 11.8 Å². The summed E-state index contributed by atoms with van der Waals surface area (Å²) in [6.45, 7) is 1.07. The van der Waals surface area contributed by atoms with Crippen molar-refractivity contribution in [1.82, 2.24) is 4.90 Å². The van der Waals surface area contributed by atoms with E-state index in [1.54, 1.807) is 0 Å². The van der Waals surface area contributed by atoms with Gasteiger partial charge in [0.15, 0.2) is 0 Å². The Morgan fingerprint density at radius 2 is 1.83 bits per heavy atom. The van der Waals surface area contributed by atoms with Gasteiger partial charge in [-0.1, -0.05) is 42.5 Å². The molecule has 0 aliphatic carbocycles. The van der Waals surface area contributed by atoms with Crippen LogP contribution in [0.25, 0.3) is 0 Å². The Balaban J connectivity index is 1.60. The standard InChI is InChI=1S/C19H20N2O3/c20-18(22)12-21-11-10-17(19(21)23)15-6-8-16(9-7-15)24-13-14-4-2-1-3-5-14/h1-9,17H,10-13H2,(H2,20,22). The van der Waals surface area contributed by atoms with Crippen LogP contribution in [0.2, 0.25) is 0 Å². The maximum absolute atomic E-state index is 12.3. The Bertz CT molecular complexity index is 713. The molecule has 3 rings (SSSR count). The molecule has 0 spiro atoms. The predicted octanol–water partition coefficient (Wildman–Crippen LogP) is 2.07. The summed E-state index contributed by atoms with van der Waals surface area (Å²) >= 11 is 0. The number of nitrogens with zero attached hydrogens (tertiary/aromatic N) is 1. The lowest BCUT2D eigenvalue weighted by Gasteiger charge is -2.15. The maximum atomic E-state index is 12.3. The van der Waals surface area contributed by atoms with E-state index in [0.29, 0.717) is 19.6 Å². The van der Waals surface area contributed by atoms with E-state index in [2.05, 4.69) is 0 Å². The number of primary amides is 1. The highest BCUT2D eigenvalue weighted by Crippen LogP contribution is 2.29. The number of nitrogens with two attached hydrogens (primary N) is 1.